The molecular weight excluding hydrogens is 326 g/mol. The molecule has 0 spiro atoms. The van der Waals surface area contributed by atoms with Gasteiger partial charge in [-0.3, -0.25) is 4.79 Å². The van der Waals surface area contributed by atoms with E-state index in [9.17, 15) is 4.79 Å². The van der Waals surface area contributed by atoms with E-state index in [2.05, 4.69) is 26.5 Å². The summed E-state index contributed by atoms with van der Waals surface area (Å²) in [5, 5.41) is 4.09. The van der Waals surface area contributed by atoms with E-state index in [0.29, 0.717) is 23.1 Å². The van der Waals surface area contributed by atoms with Crippen molar-refractivity contribution in [2.45, 2.75) is 45.6 Å². The molecule has 1 aliphatic rings. The van der Waals surface area contributed by atoms with E-state index in [1.165, 1.54) is 11.5 Å². The van der Waals surface area contributed by atoms with E-state index >= 15 is 0 Å². The topological polar surface area (TPSA) is 81.1 Å². The van der Waals surface area contributed by atoms with Crippen molar-refractivity contribution in [1.29, 1.82) is 0 Å². The summed E-state index contributed by atoms with van der Waals surface area (Å²) in [6.07, 6.45) is 5.19. The summed E-state index contributed by atoms with van der Waals surface area (Å²) < 4.78 is 9.89. The van der Waals surface area contributed by atoms with Crippen LogP contribution < -0.4 is 4.74 Å². The van der Waals surface area contributed by atoms with Crippen LogP contribution in [0.5, 0.6) is 5.88 Å². The second-order valence-corrected chi connectivity index (χ2v) is 6.63. The van der Waals surface area contributed by atoms with Crippen molar-refractivity contribution in [3.05, 3.63) is 28.7 Å². The summed E-state index contributed by atoms with van der Waals surface area (Å²) >= 11 is 1.18. The van der Waals surface area contributed by atoms with Gasteiger partial charge in [0.25, 0.3) is 5.91 Å². The zero-order valence-corrected chi connectivity index (χ0v) is 14.8. The lowest BCUT2D eigenvalue weighted by Gasteiger charge is -2.32. The van der Waals surface area contributed by atoms with Crippen molar-refractivity contribution in [2.24, 2.45) is 0 Å². The molecule has 7 nitrogen and oxygen atoms in total. The first-order valence-electron chi connectivity index (χ1n) is 8.24. The third kappa shape index (κ3) is 3.87. The molecule has 128 valence electrons. The van der Waals surface area contributed by atoms with Crippen molar-refractivity contribution in [1.82, 2.24) is 24.5 Å². The number of likely N-dealkylation sites (tertiary alicyclic amines) is 1. The van der Waals surface area contributed by atoms with Gasteiger partial charge in [-0.25, -0.2) is 4.98 Å². The van der Waals surface area contributed by atoms with Gasteiger partial charge in [-0.05, 0) is 37.7 Å². The number of hydrogen-bond acceptors (Lipinski definition) is 7. The Morgan fingerprint density at radius 1 is 1.50 bits per heavy atom. The first-order valence-corrected chi connectivity index (χ1v) is 9.01. The van der Waals surface area contributed by atoms with Gasteiger partial charge in [0.05, 0.1) is 12.2 Å². The molecule has 0 saturated carbocycles. The van der Waals surface area contributed by atoms with E-state index in [4.69, 9.17) is 4.74 Å². The Morgan fingerprint density at radius 3 is 3.17 bits per heavy atom. The van der Waals surface area contributed by atoms with Gasteiger partial charge < -0.3 is 9.64 Å². The SMILES string of the molecule is CCCc1nnsc1C(=O)N1CCC[C@H](Oc2ccnc(C)n2)C1. The highest BCUT2D eigenvalue weighted by Crippen LogP contribution is 2.21. The number of carbonyl (C=O) groups is 1. The monoisotopic (exact) mass is 347 g/mol. The second kappa shape index (κ2) is 7.65. The number of hydrogen-bond donors (Lipinski definition) is 0. The van der Waals surface area contributed by atoms with Crippen molar-refractivity contribution < 1.29 is 9.53 Å². The summed E-state index contributed by atoms with van der Waals surface area (Å²) in [6.45, 7) is 5.20. The summed E-state index contributed by atoms with van der Waals surface area (Å²) in [5.74, 6) is 1.25. The van der Waals surface area contributed by atoms with Gasteiger partial charge in [0.15, 0.2) is 0 Å². The Bertz CT molecular complexity index is 705. The second-order valence-electron chi connectivity index (χ2n) is 5.87. The molecule has 0 bridgehead atoms. The Kier molecular flexibility index (Phi) is 5.34. The molecule has 0 radical (unpaired) electrons. The Balaban J connectivity index is 1.66. The standard InChI is InChI=1S/C16H21N5O2S/c1-3-5-13-15(24-20-19-13)16(22)21-9-4-6-12(10-21)23-14-7-8-17-11(2)18-14/h7-8,12H,3-6,9-10H2,1-2H3/t12-/m0/s1. The number of ether oxygens (including phenoxy) is 1. The third-order valence-electron chi connectivity index (χ3n) is 3.94. The third-order valence-corrected chi connectivity index (χ3v) is 4.70. The predicted octanol–water partition coefficient (Wildman–Crippen LogP) is 2.27. The lowest BCUT2D eigenvalue weighted by atomic mass is 10.1. The smallest absolute Gasteiger partial charge is 0.267 e. The van der Waals surface area contributed by atoms with E-state index in [0.717, 1.165) is 37.9 Å². The molecule has 24 heavy (non-hydrogen) atoms. The van der Waals surface area contributed by atoms with Gasteiger partial charge in [0, 0.05) is 18.8 Å². The number of rotatable bonds is 5. The lowest BCUT2D eigenvalue weighted by Crippen LogP contribution is -2.44. The molecule has 1 aliphatic heterocycles. The molecule has 3 rings (SSSR count). The quantitative estimate of drug-likeness (QED) is 0.825. The minimum atomic E-state index is -0.0486. The first kappa shape index (κ1) is 16.8. The molecule has 0 unspecified atom stereocenters. The molecule has 1 saturated heterocycles. The molecule has 3 heterocycles. The maximum absolute atomic E-state index is 12.8. The zero-order valence-electron chi connectivity index (χ0n) is 13.9. The minimum absolute atomic E-state index is 0.0145. The largest absolute Gasteiger partial charge is 0.472 e. The predicted molar refractivity (Wildman–Crippen MR) is 90.2 cm³/mol. The molecule has 2 aromatic rings. The van der Waals surface area contributed by atoms with Crippen LogP contribution in [0.25, 0.3) is 0 Å². The summed E-state index contributed by atoms with van der Waals surface area (Å²) in [6, 6.07) is 1.75. The van der Waals surface area contributed by atoms with Crippen LogP contribution in [0, 0.1) is 6.92 Å². The Hall–Kier alpha value is -2.09. The molecule has 0 aliphatic carbocycles. The van der Waals surface area contributed by atoms with Crippen LogP contribution in [-0.2, 0) is 6.42 Å². The van der Waals surface area contributed by atoms with Crippen LogP contribution >= 0.6 is 11.5 Å². The van der Waals surface area contributed by atoms with Crippen LogP contribution in [0.2, 0.25) is 0 Å². The van der Waals surface area contributed by atoms with Crippen LogP contribution in [0.1, 0.15) is 47.4 Å². The van der Waals surface area contributed by atoms with Gasteiger partial charge in [-0.15, -0.1) is 5.10 Å². The van der Waals surface area contributed by atoms with Crippen LogP contribution in [0.3, 0.4) is 0 Å². The van der Waals surface area contributed by atoms with Crippen molar-refractivity contribution in [3.63, 3.8) is 0 Å². The molecule has 1 atom stereocenters. The zero-order chi connectivity index (χ0) is 16.9. The van der Waals surface area contributed by atoms with Gasteiger partial charge in [0.1, 0.15) is 16.8 Å². The first-order chi connectivity index (χ1) is 11.7. The maximum Gasteiger partial charge on any atom is 0.267 e. The normalized spacial score (nSPS) is 17.8. The van der Waals surface area contributed by atoms with E-state index < -0.39 is 0 Å². The number of carbonyl (C=O) groups excluding carboxylic acids is 1. The number of aromatic nitrogens is 4. The average Bonchev–Trinajstić information content (AvgIpc) is 3.03. The van der Waals surface area contributed by atoms with E-state index in [-0.39, 0.29) is 12.0 Å². The van der Waals surface area contributed by atoms with E-state index in [1.54, 1.807) is 12.3 Å². The molecule has 0 aromatic carbocycles. The molecular formula is C16H21N5O2S. The van der Waals surface area contributed by atoms with E-state index in [1.807, 2.05) is 11.8 Å². The number of piperidine rings is 1. The van der Waals surface area contributed by atoms with Crippen LogP contribution in [0.15, 0.2) is 12.3 Å². The van der Waals surface area contributed by atoms with Gasteiger partial charge >= 0.3 is 0 Å². The fraction of sp³-hybridized carbons (Fsp3) is 0.562. The summed E-state index contributed by atoms with van der Waals surface area (Å²) in [7, 11) is 0. The average molecular weight is 347 g/mol. The maximum atomic E-state index is 12.8. The van der Waals surface area contributed by atoms with Gasteiger partial charge in [0.2, 0.25) is 5.88 Å². The minimum Gasteiger partial charge on any atom is -0.472 e. The van der Waals surface area contributed by atoms with Crippen molar-refractivity contribution in [2.75, 3.05) is 13.1 Å². The van der Waals surface area contributed by atoms with Crippen LogP contribution in [-0.4, -0.2) is 49.6 Å². The van der Waals surface area contributed by atoms with Crippen molar-refractivity contribution in [3.8, 4) is 5.88 Å². The Labute approximate surface area is 145 Å². The highest BCUT2D eigenvalue weighted by molar-refractivity contribution is 7.08. The fourth-order valence-corrected chi connectivity index (χ4v) is 3.48. The van der Waals surface area contributed by atoms with Crippen molar-refractivity contribution >= 4 is 17.4 Å². The molecule has 1 fully saturated rings. The number of amides is 1. The summed E-state index contributed by atoms with van der Waals surface area (Å²) in [5.41, 5.74) is 0.807. The highest BCUT2D eigenvalue weighted by atomic mass is 32.1. The van der Waals surface area contributed by atoms with Gasteiger partial charge in [-0.1, -0.05) is 17.8 Å². The van der Waals surface area contributed by atoms with Gasteiger partial charge in [-0.2, -0.15) is 4.98 Å². The molecule has 0 N–H and O–H groups in total. The molecule has 8 heteroatoms. The number of aryl methyl sites for hydroxylation is 2. The van der Waals surface area contributed by atoms with Crippen LogP contribution in [0.4, 0.5) is 0 Å². The number of nitrogens with zero attached hydrogens (tertiary/aromatic N) is 5. The molecule has 2 aromatic heterocycles. The lowest BCUT2D eigenvalue weighted by molar-refractivity contribution is 0.0530. The highest BCUT2D eigenvalue weighted by Gasteiger charge is 2.28. The fourth-order valence-electron chi connectivity index (χ4n) is 2.80. The molecule has 1 amide bonds. The summed E-state index contributed by atoms with van der Waals surface area (Å²) in [4.78, 5) is 23.6. The Morgan fingerprint density at radius 2 is 2.38 bits per heavy atom.